The topological polar surface area (TPSA) is 113 Å². The first-order valence-electron chi connectivity index (χ1n) is 11.4. The number of carbonyl (C=O) groups is 2. The van der Waals surface area contributed by atoms with Crippen molar-refractivity contribution in [3.05, 3.63) is 58.1 Å². The van der Waals surface area contributed by atoms with Crippen LogP contribution in [-0.4, -0.2) is 84.8 Å². The lowest BCUT2D eigenvalue weighted by Gasteiger charge is -2.41. The molecule has 1 unspecified atom stereocenters. The van der Waals surface area contributed by atoms with Crippen molar-refractivity contribution >= 4 is 47.1 Å². The highest BCUT2D eigenvalue weighted by Gasteiger charge is 2.28. The van der Waals surface area contributed by atoms with Crippen LogP contribution < -0.4 is 16.0 Å². The summed E-state index contributed by atoms with van der Waals surface area (Å²) in [6.07, 6.45) is 4.63. The highest BCUT2D eigenvalue weighted by Crippen LogP contribution is 2.19. The van der Waals surface area contributed by atoms with Gasteiger partial charge in [0.25, 0.3) is 11.8 Å². The highest BCUT2D eigenvalue weighted by atomic mass is 35.5. The van der Waals surface area contributed by atoms with Crippen molar-refractivity contribution in [2.45, 2.75) is 19.5 Å². The molecular formula is C24H32ClN7O2S. The lowest BCUT2D eigenvalue weighted by Crippen LogP contribution is -2.52. The van der Waals surface area contributed by atoms with Gasteiger partial charge >= 0.3 is 0 Å². The summed E-state index contributed by atoms with van der Waals surface area (Å²) in [6, 6.07) is 7.41. The molecule has 1 aromatic rings. The van der Waals surface area contributed by atoms with E-state index in [-0.39, 0.29) is 29.1 Å². The van der Waals surface area contributed by atoms with Crippen LogP contribution in [0.3, 0.4) is 0 Å². The number of hydrogen-bond acceptors (Lipinski definition) is 8. The third-order valence-electron chi connectivity index (χ3n) is 5.73. The summed E-state index contributed by atoms with van der Waals surface area (Å²) in [4.78, 5) is 34.7. The van der Waals surface area contributed by atoms with Gasteiger partial charge in [0.2, 0.25) is 0 Å². The third kappa shape index (κ3) is 7.33. The van der Waals surface area contributed by atoms with Crippen molar-refractivity contribution < 1.29 is 9.59 Å². The predicted octanol–water partition coefficient (Wildman–Crippen LogP) is 1.82. The van der Waals surface area contributed by atoms with E-state index in [1.54, 1.807) is 30.0 Å². The standard InChI is InChI=1S/C24H32ClN7O2S/c1-16-15-31(2)9-10-32(16)21-12-20(24(34)28-14-17-4-6-18(25)7-5-17)29-22(30-21)19(13-26)23(33)27-8-11-35-3/h4-7,12-13,16,26,30H,8-11,14-15H2,1-3H3,(H,27,33)(H,28,34)/b22-19+,26-13?. The van der Waals surface area contributed by atoms with Gasteiger partial charge in [-0.3, -0.25) is 9.59 Å². The molecule has 1 fully saturated rings. The number of rotatable bonds is 9. The summed E-state index contributed by atoms with van der Waals surface area (Å²) < 4.78 is 0. The Balaban J connectivity index is 1.88. The summed E-state index contributed by atoms with van der Waals surface area (Å²) in [5, 5.41) is 17.4. The molecule has 2 amide bonds. The number of benzene rings is 1. The van der Waals surface area contributed by atoms with Crippen molar-refractivity contribution in [2.24, 2.45) is 4.99 Å². The number of likely N-dealkylation sites (N-methyl/N-ethyl adjacent to an activating group) is 1. The number of amides is 2. The van der Waals surface area contributed by atoms with E-state index in [0.29, 0.717) is 23.9 Å². The van der Waals surface area contributed by atoms with Gasteiger partial charge in [-0.15, -0.1) is 0 Å². The molecule has 35 heavy (non-hydrogen) atoms. The molecule has 1 saturated heterocycles. The molecule has 0 spiro atoms. The molecule has 1 atom stereocenters. The first-order chi connectivity index (χ1) is 16.8. The fourth-order valence-electron chi connectivity index (χ4n) is 3.84. The average molecular weight is 518 g/mol. The fourth-order valence-corrected chi connectivity index (χ4v) is 4.27. The molecule has 3 rings (SSSR count). The Hall–Kier alpha value is -2.82. The number of thioether (sulfide) groups is 1. The van der Waals surface area contributed by atoms with Crippen molar-refractivity contribution in [3.8, 4) is 0 Å². The number of halogens is 1. The summed E-state index contributed by atoms with van der Waals surface area (Å²) in [7, 11) is 2.07. The smallest absolute Gasteiger partial charge is 0.270 e. The third-order valence-corrected chi connectivity index (χ3v) is 6.59. The Morgan fingerprint density at radius 1 is 1.29 bits per heavy atom. The summed E-state index contributed by atoms with van der Waals surface area (Å²) >= 11 is 7.56. The Bertz CT molecular complexity index is 1040. The normalized spacial score (nSPS) is 19.8. The predicted molar refractivity (Wildman–Crippen MR) is 143 cm³/mol. The molecule has 0 saturated carbocycles. The Labute approximate surface area is 215 Å². The van der Waals surface area contributed by atoms with E-state index >= 15 is 0 Å². The SMILES string of the molecule is CSCCNC(=O)/C(C=N)=C1\N=C(C(=O)NCc2ccc(Cl)cc2)C=C(N2CCN(C)CC2C)N1. The van der Waals surface area contributed by atoms with Crippen molar-refractivity contribution in [2.75, 3.05) is 45.2 Å². The maximum atomic E-state index is 13.1. The van der Waals surface area contributed by atoms with Crippen LogP contribution >= 0.6 is 23.4 Å². The molecule has 0 aliphatic carbocycles. The average Bonchev–Trinajstić information content (AvgIpc) is 2.84. The molecule has 1 aromatic carbocycles. The van der Waals surface area contributed by atoms with Crippen molar-refractivity contribution in [1.82, 2.24) is 25.8 Å². The number of hydrogen-bond donors (Lipinski definition) is 4. The minimum absolute atomic E-state index is 0.0708. The van der Waals surface area contributed by atoms with E-state index in [0.717, 1.165) is 37.2 Å². The van der Waals surface area contributed by atoms with Gasteiger partial charge in [-0.05, 0) is 37.9 Å². The monoisotopic (exact) mass is 517 g/mol. The Morgan fingerprint density at radius 3 is 2.69 bits per heavy atom. The molecule has 0 bridgehead atoms. The van der Waals surface area contributed by atoms with E-state index in [2.05, 4.69) is 44.7 Å². The van der Waals surface area contributed by atoms with Gasteiger partial charge < -0.3 is 31.2 Å². The number of nitrogens with zero attached hydrogens (tertiary/aromatic N) is 3. The van der Waals surface area contributed by atoms with Crippen molar-refractivity contribution in [3.63, 3.8) is 0 Å². The second-order valence-corrected chi connectivity index (χ2v) is 9.84. The van der Waals surface area contributed by atoms with E-state index in [1.807, 2.05) is 18.4 Å². The molecule has 4 N–H and O–H groups in total. The van der Waals surface area contributed by atoms with Crippen LogP contribution in [-0.2, 0) is 16.1 Å². The quantitative estimate of drug-likeness (QED) is 0.226. The Morgan fingerprint density at radius 2 is 2.03 bits per heavy atom. The lowest BCUT2D eigenvalue weighted by molar-refractivity contribution is -0.117. The van der Waals surface area contributed by atoms with E-state index in [9.17, 15) is 9.59 Å². The highest BCUT2D eigenvalue weighted by molar-refractivity contribution is 7.98. The molecule has 2 aliphatic rings. The summed E-state index contributed by atoms with van der Waals surface area (Å²) in [5.74, 6) is 0.843. The minimum Gasteiger partial charge on any atom is -0.353 e. The van der Waals surface area contributed by atoms with Gasteiger partial charge in [-0.2, -0.15) is 11.8 Å². The number of aliphatic imine (C=N–C) groups is 1. The largest absolute Gasteiger partial charge is 0.353 e. The zero-order valence-electron chi connectivity index (χ0n) is 20.2. The number of carbonyl (C=O) groups excluding carboxylic acids is 2. The van der Waals surface area contributed by atoms with E-state index in [1.165, 1.54) is 0 Å². The fraction of sp³-hybridized carbons (Fsp3) is 0.417. The molecular weight excluding hydrogens is 486 g/mol. The van der Waals surface area contributed by atoms with Gasteiger partial charge in [-0.1, -0.05) is 23.7 Å². The molecule has 0 radical (unpaired) electrons. The summed E-state index contributed by atoms with van der Waals surface area (Å²) in [5.41, 5.74) is 1.14. The van der Waals surface area contributed by atoms with Crippen LogP contribution in [0.15, 0.2) is 52.5 Å². The van der Waals surface area contributed by atoms with Gasteiger partial charge in [0.05, 0.1) is 5.57 Å². The van der Waals surface area contributed by atoms with E-state index < -0.39 is 5.91 Å². The molecule has 9 nitrogen and oxygen atoms in total. The number of piperazine rings is 1. The van der Waals surface area contributed by atoms with Gasteiger partial charge in [0, 0.05) is 61.8 Å². The van der Waals surface area contributed by atoms with Gasteiger partial charge in [0.15, 0.2) is 0 Å². The van der Waals surface area contributed by atoms with Crippen LogP contribution in [0.5, 0.6) is 0 Å². The molecule has 11 heteroatoms. The molecule has 188 valence electrons. The second-order valence-electron chi connectivity index (χ2n) is 8.42. The zero-order valence-corrected chi connectivity index (χ0v) is 21.8. The Kier molecular flexibility index (Phi) is 9.76. The van der Waals surface area contributed by atoms with Gasteiger partial charge in [-0.25, -0.2) is 4.99 Å². The van der Waals surface area contributed by atoms with Crippen LogP contribution in [0.1, 0.15) is 12.5 Å². The molecule has 2 heterocycles. The summed E-state index contributed by atoms with van der Waals surface area (Å²) in [6.45, 7) is 5.37. The first kappa shape index (κ1) is 26.8. The molecule has 2 aliphatic heterocycles. The van der Waals surface area contributed by atoms with Crippen molar-refractivity contribution in [1.29, 1.82) is 5.41 Å². The second kappa shape index (κ2) is 12.8. The zero-order chi connectivity index (χ0) is 25.4. The van der Waals surface area contributed by atoms with E-state index in [4.69, 9.17) is 17.0 Å². The van der Waals surface area contributed by atoms with Crippen LogP contribution in [0, 0.1) is 5.41 Å². The maximum Gasteiger partial charge on any atom is 0.270 e. The lowest BCUT2D eigenvalue weighted by atomic mass is 10.1. The van der Waals surface area contributed by atoms with Crippen LogP contribution in [0.4, 0.5) is 0 Å². The first-order valence-corrected chi connectivity index (χ1v) is 13.2. The minimum atomic E-state index is -0.408. The number of nitrogens with one attached hydrogen (secondary N) is 4. The van der Waals surface area contributed by atoms with Crippen LogP contribution in [0.25, 0.3) is 0 Å². The van der Waals surface area contributed by atoms with Gasteiger partial charge in [0.1, 0.15) is 17.4 Å². The molecule has 0 aromatic heterocycles. The van der Waals surface area contributed by atoms with Crippen LogP contribution in [0.2, 0.25) is 5.02 Å². The maximum absolute atomic E-state index is 13.1.